The lowest BCUT2D eigenvalue weighted by Crippen LogP contribution is -2.43. The molecule has 0 radical (unpaired) electrons. The Balaban J connectivity index is 1.43. The Hall–Kier alpha value is -4.76. The molecule has 4 rings (SSSR count). The van der Waals surface area contributed by atoms with E-state index in [1.165, 1.54) is 0 Å². The van der Waals surface area contributed by atoms with Gasteiger partial charge in [0.2, 0.25) is 48.1 Å². The molecule has 0 aliphatic carbocycles. The van der Waals surface area contributed by atoms with Crippen LogP contribution in [0.1, 0.15) is 144 Å². The first-order valence-corrected chi connectivity index (χ1v) is 23.0. The summed E-state index contributed by atoms with van der Waals surface area (Å²) in [6.07, 6.45) is 21.9. The molecule has 2 fully saturated rings. The van der Waals surface area contributed by atoms with E-state index < -0.39 is 35.5 Å². The molecule has 0 aromatic carbocycles. The summed E-state index contributed by atoms with van der Waals surface area (Å²) >= 11 is 0. The number of amides is 6. The Bertz CT molecular complexity index is 1640. The highest BCUT2D eigenvalue weighted by molar-refractivity contribution is 5.81. The molecule has 61 heavy (non-hydrogen) atoms. The molecule has 0 bridgehead atoms. The summed E-state index contributed by atoms with van der Waals surface area (Å²) in [5.74, 6) is -2.72. The van der Waals surface area contributed by atoms with Crippen molar-refractivity contribution in [1.29, 1.82) is 0 Å². The van der Waals surface area contributed by atoms with Crippen molar-refractivity contribution in [2.24, 2.45) is 35.1 Å². The van der Waals surface area contributed by atoms with Gasteiger partial charge in [-0.15, -0.1) is 0 Å². The molecule has 8 atom stereocenters. The molecular weight excluding hydrogens is 777 g/mol. The molecule has 16 heteroatoms. The minimum Gasteiger partial charge on any atom is -0.369 e. The fourth-order valence-corrected chi connectivity index (χ4v) is 8.96. The quantitative estimate of drug-likeness (QED) is 0.0748. The molecule has 4 heterocycles. The maximum absolute atomic E-state index is 13.6. The minimum atomic E-state index is -0.431. The lowest BCUT2D eigenvalue weighted by Gasteiger charge is -2.32. The summed E-state index contributed by atoms with van der Waals surface area (Å²) < 4.78 is 8.52. The number of carbonyl (C=O) groups is 6. The highest BCUT2D eigenvalue weighted by Crippen LogP contribution is 2.32. The molecule has 0 spiro atoms. The van der Waals surface area contributed by atoms with Crippen LogP contribution in [0.25, 0.3) is 0 Å². The number of carbonyl (C=O) groups excluding carboxylic acids is 6. The molecule has 2 aliphatic heterocycles. The predicted molar refractivity (Wildman–Crippen MR) is 231 cm³/mol. The lowest BCUT2D eigenvalue weighted by atomic mass is 9.90. The van der Waals surface area contributed by atoms with Gasteiger partial charge < -0.3 is 31.9 Å². The number of imidazole rings is 2. The van der Waals surface area contributed by atoms with E-state index in [1.807, 2.05) is 48.4 Å². The Morgan fingerprint density at radius 1 is 0.607 bits per heavy atom. The van der Waals surface area contributed by atoms with Gasteiger partial charge in [-0.1, -0.05) is 54.4 Å². The summed E-state index contributed by atoms with van der Waals surface area (Å²) in [7, 11) is 0. The number of nitrogens with zero attached hydrogens (tertiary/aromatic N) is 6. The van der Waals surface area contributed by atoms with Gasteiger partial charge in [-0.25, -0.2) is 18.3 Å². The molecular formula is C45H76N10O6+2. The van der Waals surface area contributed by atoms with Crippen molar-refractivity contribution < 1.29 is 37.9 Å². The third-order valence-corrected chi connectivity index (χ3v) is 12.9. The van der Waals surface area contributed by atoms with Crippen LogP contribution in [-0.2, 0) is 41.9 Å². The molecule has 2 aromatic heterocycles. The van der Waals surface area contributed by atoms with Crippen LogP contribution in [0.4, 0.5) is 0 Å². The highest BCUT2D eigenvalue weighted by Gasteiger charge is 2.37. The van der Waals surface area contributed by atoms with Gasteiger partial charge >= 0.3 is 0 Å². The first-order valence-electron chi connectivity index (χ1n) is 23.0. The Morgan fingerprint density at radius 3 is 1.31 bits per heavy atom. The first kappa shape index (κ1) is 48.9. The van der Waals surface area contributed by atoms with Crippen LogP contribution in [0.3, 0.4) is 0 Å². The zero-order chi connectivity index (χ0) is 44.6. The van der Waals surface area contributed by atoms with Gasteiger partial charge in [0.1, 0.15) is 36.9 Å². The van der Waals surface area contributed by atoms with Gasteiger partial charge in [0.15, 0.2) is 0 Å². The van der Waals surface area contributed by atoms with E-state index in [4.69, 9.17) is 11.5 Å². The second kappa shape index (κ2) is 24.0. The normalized spacial score (nSPS) is 18.3. The van der Waals surface area contributed by atoms with Gasteiger partial charge in [-0.3, -0.25) is 28.8 Å². The van der Waals surface area contributed by atoms with Crippen LogP contribution in [-0.4, -0.2) is 86.2 Å². The van der Waals surface area contributed by atoms with Crippen molar-refractivity contribution in [2.75, 3.05) is 19.8 Å². The molecule has 16 nitrogen and oxygen atoms in total. The van der Waals surface area contributed by atoms with E-state index in [0.29, 0.717) is 64.5 Å². The Labute approximate surface area is 363 Å². The fraction of sp³-hybridized carbons (Fsp3) is 0.733. The average molecular weight is 853 g/mol. The molecule has 6 amide bonds. The number of aryl methyl sites for hydroxylation is 2. The number of primary amides is 2. The van der Waals surface area contributed by atoms with Crippen molar-refractivity contribution in [3.05, 3.63) is 37.4 Å². The first-order chi connectivity index (χ1) is 29.1. The van der Waals surface area contributed by atoms with E-state index >= 15 is 0 Å². The smallest absolute Gasteiger partial charge is 0.243 e. The van der Waals surface area contributed by atoms with Gasteiger partial charge in [0.05, 0.1) is 19.8 Å². The van der Waals surface area contributed by atoms with Crippen molar-refractivity contribution in [3.8, 4) is 0 Å². The number of nitrogens with two attached hydrogens (primary N) is 2. The van der Waals surface area contributed by atoms with Crippen molar-refractivity contribution in [2.45, 2.75) is 169 Å². The summed E-state index contributed by atoms with van der Waals surface area (Å²) in [5.41, 5.74) is 11.4. The predicted octanol–water partition coefficient (Wildman–Crippen LogP) is 3.27. The molecule has 0 saturated carbocycles. The zero-order valence-electron chi connectivity index (χ0n) is 37.8. The number of hydrogen-bond acceptors (Lipinski definition) is 6. The van der Waals surface area contributed by atoms with Crippen molar-refractivity contribution in [1.82, 2.24) is 29.6 Å². The maximum atomic E-state index is 13.6. The van der Waals surface area contributed by atoms with Crippen LogP contribution >= 0.6 is 0 Å². The number of rotatable bonds is 28. The van der Waals surface area contributed by atoms with Gasteiger partial charge in [-0.05, 0) is 51.4 Å². The molecule has 2 aliphatic rings. The second-order valence-corrected chi connectivity index (χ2v) is 18.0. The standard InChI is InChI=1S/C45H74N10O6/c1-7-9-15-50-19-21-52(30-50)36(27-38(23-32(3)42(46)58)54-17-11-13-40(54)56)25-34(5)44(60)48-29-49-45(61)35(6)26-37(53-22-20-51(31-53)16-10-8-2)28-39(24-33(4)43(47)59)55-18-12-14-41(55)57/h19-22,30-39H,7-18,23-29H2,1-6H3,(H4-2,46,47,48,49,58,59,60,61)/p+2. The van der Waals surface area contributed by atoms with Gasteiger partial charge in [-0.2, -0.15) is 0 Å². The van der Waals surface area contributed by atoms with E-state index in [0.717, 1.165) is 51.6 Å². The average Bonchev–Trinajstić information content (AvgIpc) is 4.06. The SMILES string of the molecule is CCCC[n+]1ccn(C(CC(C)C(=O)NCNC(=O)C(C)CC(CC(CC(C)C(N)=O)N2CCCC2=O)n2cc[n+](CCCC)c2)CC(CC(C)C(N)=O)N2CCCC2=O)c1. The number of nitrogens with one attached hydrogen (secondary N) is 2. The van der Waals surface area contributed by atoms with Crippen LogP contribution in [0, 0.1) is 23.7 Å². The topological polar surface area (TPSA) is 203 Å². The summed E-state index contributed by atoms with van der Waals surface area (Å²) in [5, 5.41) is 5.85. The number of hydrogen-bond donors (Lipinski definition) is 4. The van der Waals surface area contributed by atoms with Crippen LogP contribution in [0.2, 0.25) is 0 Å². The summed E-state index contributed by atoms with van der Waals surface area (Å²) in [6.45, 7) is 14.6. The van der Waals surface area contributed by atoms with Crippen molar-refractivity contribution >= 4 is 35.4 Å². The summed E-state index contributed by atoms with van der Waals surface area (Å²) in [4.78, 5) is 81.3. The van der Waals surface area contributed by atoms with E-state index in [9.17, 15) is 28.8 Å². The largest absolute Gasteiger partial charge is 0.369 e. The monoisotopic (exact) mass is 853 g/mol. The van der Waals surface area contributed by atoms with E-state index in [-0.39, 0.29) is 54.5 Å². The maximum Gasteiger partial charge on any atom is 0.243 e. The molecule has 8 unspecified atom stereocenters. The number of unbranched alkanes of at least 4 members (excludes halogenated alkanes) is 2. The van der Waals surface area contributed by atoms with Crippen LogP contribution in [0.5, 0.6) is 0 Å². The van der Waals surface area contributed by atoms with Crippen LogP contribution in [0.15, 0.2) is 37.4 Å². The molecule has 2 saturated heterocycles. The minimum absolute atomic E-state index is 0.0369. The second-order valence-electron chi connectivity index (χ2n) is 18.0. The van der Waals surface area contributed by atoms with E-state index in [2.05, 4.69) is 55.4 Å². The highest BCUT2D eigenvalue weighted by atomic mass is 16.2. The van der Waals surface area contributed by atoms with Crippen LogP contribution < -0.4 is 31.2 Å². The Morgan fingerprint density at radius 2 is 0.984 bits per heavy atom. The third-order valence-electron chi connectivity index (χ3n) is 12.9. The summed E-state index contributed by atoms with van der Waals surface area (Å²) in [6, 6.07) is -0.707. The van der Waals surface area contributed by atoms with E-state index in [1.54, 1.807) is 13.8 Å². The molecule has 6 N–H and O–H groups in total. The Kier molecular flexibility index (Phi) is 19.3. The lowest BCUT2D eigenvalue weighted by molar-refractivity contribution is -0.697. The molecule has 2 aromatic rings. The third kappa shape index (κ3) is 14.7. The van der Waals surface area contributed by atoms with Crippen molar-refractivity contribution in [3.63, 3.8) is 0 Å². The number of likely N-dealkylation sites (tertiary alicyclic amines) is 2. The molecule has 340 valence electrons. The fourth-order valence-electron chi connectivity index (χ4n) is 8.96. The van der Waals surface area contributed by atoms with Gasteiger partial charge in [0.25, 0.3) is 0 Å². The van der Waals surface area contributed by atoms with Gasteiger partial charge in [0, 0.05) is 74.5 Å². The number of aromatic nitrogens is 4. The zero-order valence-corrected chi connectivity index (χ0v) is 37.8.